The molecule has 6 heteroatoms. The third kappa shape index (κ3) is 6.19. The van der Waals surface area contributed by atoms with Gasteiger partial charge in [-0.15, -0.1) is 0 Å². The Hall–Kier alpha value is -2.96. The summed E-state index contributed by atoms with van der Waals surface area (Å²) in [5, 5.41) is 23.6. The Balaban J connectivity index is 0.000000934. The van der Waals surface area contributed by atoms with Gasteiger partial charge in [-0.1, -0.05) is 87.2 Å². The van der Waals surface area contributed by atoms with E-state index in [0.717, 1.165) is 42.3 Å². The minimum Gasteiger partial charge on any atom is -0.396 e. The third-order valence-corrected chi connectivity index (χ3v) is 7.38. The van der Waals surface area contributed by atoms with Crippen LogP contribution >= 0.6 is 11.6 Å². The summed E-state index contributed by atoms with van der Waals surface area (Å²) in [7, 11) is 0. The SMILES string of the molecule is C=CC=C.CCN(CC)CCN1C(=O)C(O)(c2ccc3ccccc3c2)c2c(Cl)cc(CCCCO)cc21. The molecule has 3 aromatic carbocycles. The highest BCUT2D eigenvalue weighted by Gasteiger charge is 2.52. The number of amides is 1. The zero-order valence-electron chi connectivity index (χ0n) is 22.5. The first kappa shape index (κ1) is 29.6. The Labute approximate surface area is 231 Å². The lowest BCUT2D eigenvalue weighted by molar-refractivity contribution is -0.132. The Morgan fingerprint density at radius 3 is 2.32 bits per heavy atom. The molecule has 1 aliphatic rings. The second-order valence-corrected chi connectivity index (χ2v) is 9.79. The van der Waals surface area contributed by atoms with Crippen molar-refractivity contribution in [3.63, 3.8) is 0 Å². The maximum absolute atomic E-state index is 13.9. The number of halogens is 1. The van der Waals surface area contributed by atoms with E-state index in [4.69, 9.17) is 16.7 Å². The number of aliphatic hydroxyl groups is 2. The fraction of sp³-hybridized carbons (Fsp3) is 0.344. The molecular formula is C32H39ClN2O3. The topological polar surface area (TPSA) is 64.0 Å². The second kappa shape index (κ2) is 13.7. The Kier molecular flexibility index (Phi) is 10.7. The number of allylic oxidation sites excluding steroid dienone is 2. The van der Waals surface area contributed by atoms with Gasteiger partial charge >= 0.3 is 0 Å². The number of hydrogen-bond acceptors (Lipinski definition) is 4. The van der Waals surface area contributed by atoms with Crippen molar-refractivity contribution in [3.8, 4) is 0 Å². The van der Waals surface area contributed by atoms with Crippen molar-refractivity contribution < 1.29 is 15.0 Å². The number of benzene rings is 3. The Morgan fingerprint density at radius 2 is 1.68 bits per heavy atom. The van der Waals surface area contributed by atoms with Crippen LogP contribution in [-0.2, 0) is 16.8 Å². The van der Waals surface area contributed by atoms with E-state index in [0.29, 0.717) is 41.3 Å². The van der Waals surface area contributed by atoms with Gasteiger partial charge in [0.2, 0.25) is 0 Å². The van der Waals surface area contributed by atoms with Gasteiger partial charge in [0.25, 0.3) is 5.91 Å². The van der Waals surface area contributed by atoms with Crippen molar-refractivity contribution in [1.82, 2.24) is 4.90 Å². The van der Waals surface area contributed by atoms with Gasteiger partial charge < -0.3 is 20.0 Å². The molecule has 4 rings (SSSR count). The van der Waals surface area contributed by atoms with Gasteiger partial charge in [-0.05, 0) is 72.5 Å². The first-order chi connectivity index (χ1) is 18.3. The van der Waals surface area contributed by atoms with Gasteiger partial charge in [0, 0.05) is 30.3 Å². The molecule has 1 unspecified atom stereocenters. The molecule has 0 aromatic heterocycles. The number of unbranched alkanes of at least 4 members (excludes halogenated alkanes) is 1. The van der Waals surface area contributed by atoms with E-state index in [-0.39, 0.29) is 12.5 Å². The lowest BCUT2D eigenvalue weighted by atomic mass is 9.85. The molecule has 0 saturated carbocycles. The largest absolute Gasteiger partial charge is 0.396 e. The highest BCUT2D eigenvalue weighted by molar-refractivity contribution is 6.33. The molecule has 1 heterocycles. The maximum Gasteiger partial charge on any atom is 0.268 e. The molecule has 0 fully saturated rings. The highest BCUT2D eigenvalue weighted by Crippen LogP contribution is 2.49. The fourth-order valence-corrected chi connectivity index (χ4v) is 5.27. The predicted octanol–water partition coefficient (Wildman–Crippen LogP) is 6.09. The van der Waals surface area contributed by atoms with Crippen LogP contribution in [0.15, 0.2) is 79.9 Å². The van der Waals surface area contributed by atoms with Gasteiger partial charge in [-0.2, -0.15) is 0 Å². The zero-order valence-corrected chi connectivity index (χ0v) is 23.3. The number of carbonyl (C=O) groups is 1. The second-order valence-electron chi connectivity index (χ2n) is 9.38. The molecule has 0 radical (unpaired) electrons. The summed E-state index contributed by atoms with van der Waals surface area (Å²) in [4.78, 5) is 17.9. The lowest BCUT2D eigenvalue weighted by Crippen LogP contribution is -2.44. The van der Waals surface area contributed by atoms with Crippen LogP contribution in [0.2, 0.25) is 5.02 Å². The van der Waals surface area contributed by atoms with Crippen molar-refractivity contribution in [2.75, 3.05) is 37.7 Å². The van der Waals surface area contributed by atoms with Crippen molar-refractivity contribution >= 4 is 34.0 Å². The van der Waals surface area contributed by atoms with E-state index in [9.17, 15) is 9.90 Å². The normalized spacial score (nSPS) is 16.4. The van der Waals surface area contributed by atoms with Gasteiger partial charge in [0.05, 0.1) is 5.69 Å². The molecule has 3 aromatic rings. The fourth-order valence-electron chi connectivity index (χ4n) is 4.90. The van der Waals surface area contributed by atoms with Gasteiger partial charge in [-0.25, -0.2) is 0 Å². The first-order valence-electron chi connectivity index (χ1n) is 13.3. The summed E-state index contributed by atoms with van der Waals surface area (Å²) in [5.74, 6) is -0.362. The molecule has 0 aliphatic carbocycles. The Bertz CT molecular complexity index is 1260. The zero-order chi connectivity index (χ0) is 27.7. The molecule has 0 bridgehead atoms. The van der Waals surface area contributed by atoms with Crippen LogP contribution in [-0.4, -0.2) is 53.8 Å². The Morgan fingerprint density at radius 1 is 1.00 bits per heavy atom. The van der Waals surface area contributed by atoms with E-state index in [2.05, 4.69) is 31.9 Å². The van der Waals surface area contributed by atoms with Crippen LogP contribution in [0.25, 0.3) is 10.8 Å². The van der Waals surface area contributed by atoms with E-state index >= 15 is 0 Å². The van der Waals surface area contributed by atoms with Crippen LogP contribution in [0.3, 0.4) is 0 Å². The number of likely N-dealkylation sites (N-methyl/N-ethyl adjacent to an activating group) is 1. The molecule has 0 spiro atoms. The number of anilines is 1. The van der Waals surface area contributed by atoms with E-state index in [1.807, 2.05) is 54.6 Å². The number of aliphatic hydroxyl groups excluding tert-OH is 1. The van der Waals surface area contributed by atoms with Crippen LogP contribution < -0.4 is 4.90 Å². The molecule has 0 saturated heterocycles. The molecule has 1 aliphatic heterocycles. The van der Waals surface area contributed by atoms with E-state index < -0.39 is 5.60 Å². The summed E-state index contributed by atoms with van der Waals surface area (Å²) in [6, 6.07) is 17.4. The standard InChI is InChI=1S/C28H33ClN2O3.C4H6/c1-3-30(4-2)14-15-31-25-18-20(9-7-8-16-32)17-24(29)26(25)28(34,27(31)33)23-13-12-21-10-5-6-11-22(21)19-23;1-3-4-2/h5-6,10-13,17-19,32,34H,3-4,7-9,14-16H2,1-2H3;3-4H,1-2H2. The van der Waals surface area contributed by atoms with Crippen LogP contribution in [0.1, 0.15) is 43.4 Å². The molecule has 38 heavy (non-hydrogen) atoms. The number of aryl methyl sites for hydroxylation is 1. The molecule has 2 N–H and O–H groups in total. The maximum atomic E-state index is 13.9. The predicted molar refractivity (Wildman–Crippen MR) is 159 cm³/mol. The molecule has 1 atom stereocenters. The monoisotopic (exact) mass is 534 g/mol. The van der Waals surface area contributed by atoms with Gasteiger partial charge in [0.15, 0.2) is 5.60 Å². The minimum atomic E-state index is -1.84. The number of hydrogen-bond donors (Lipinski definition) is 2. The van der Waals surface area contributed by atoms with E-state index in [1.54, 1.807) is 17.1 Å². The van der Waals surface area contributed by atoms with Gasteiger partial charge in [0.1, 0.15) is 0 Å². The summed E-state index contributed by atoms with van der Waals surface area (Å²) < 4.78 is 0. The molecule has 1 amide bonds. The van der Waals surface area contributed by atoms with Gasteiger partial charge in [-0.3, -0.25) is 4.79 Å². The lowest BCUT2D eigenvalue weighted by Gasteiger charge is -2.26. The van der Waals surface area contributed by atoms with Crippen LogP contribution in [0.5, 0.6) is 0 Å². The van der Waals surface area contributed by atoms with Crippen molar-refractivity contribution in [1.29, 1.82) is 0 Å². The number of nitrogens with zero attached hydrogens (tertiary/aromatic N) is 2. The van der Waals surface area contributed by atoms with Crippen molar-refractivity contribution in [2.45, 2.75) is 38.7 Å². The third-order valence-electron chi connectivity index (χ3n) is 7.08. The first-order valence-corrected chi connectivity index (χ1v) is 13.7. The highest BCUT2D eigenvalue weighted by atomic mass is 35.5. The van der Waals surface area contributed by atoms with Crippen molar-refractivity contribution in [3.05, 3.63) is 102 Å². The number of fused-ring (bicyclic) bond motifs is 2. The van der Waals surface area contributed by atoms with Crippen LogP contribution in [0.4, 0.5) is 5.69 Å². The summed E-state index contributed by atoms with van der Waals surface area (Å²) in [5.41, 5.74) is 0.820. The quantitative estimate of drug-likeness (QED) is 0.231. The molecule has 202 valence electrons. The molecule has 5 nitrogen and oxygen atoms in total. The smallest absolute Gasteiger partial charge is 0.268 e. The summed E-state index contributed by atoms with van der Waals surface area (Å²) >= 11 is 6.79. The summed E-state index contributed by atoms with van der Waals surface area (Å²) in [6.45, 7) is 14.0. The van der Waals surface area contributed by atoms with E-state index in [1.165, 1.54) is 0 Å². The molecular weight excluding hydrogens is 496 g/mol. The number of carbonyl (C=O) groups excluding carboxylic acids is 1. The minimum absolute atomic E-state index is 0.148. The van der Waals surface area contributed by atoms with Crippen molar-refractivity contribution in [2.24, 2.45) is 0 Å². The average molecular weight is 535 g/mol. The van der Waals surface area contributed by atoms with Crippen LogP contribution in [0, 0.1) is 0 Å². The average Bonchev–Trinajstić information content (AvgIpc) is 3.16. The number of rotatable bonds is 11. The summed E-state index contributed by atoms with van der Waals surface area (Å²) in [6.07, 6.45) is 5.56.